The summed E-state index contributed by atoms with van der Waals surface area (Å²) in [6, 6.07) is 4.23. The quantitative estimate of drug-likeness (QED) is 0.214. The van der Waals surface area contributed by atoms with E-state index in [2.05, 4.69) is 25.9 Å². The van der Waals surface area contributed by atoms with E-state index in [-0.39, 0.29) is 24.1 Å². The molecule has 3 aliphatic rings. The molecule has 0 bridgehead atoms. The van der Waals surface area contributed by atoms with Crippen molar-refractivity contribution in [3.05, 3.63) is 47.5 Å². The first-order chi connectivity index (χ1) is 24.0. The predicted octanol–water partition coefficient (Wildman–Crippen LogP) is 2.63. The van der Waals surface area contributed by atoms with Gasteiger partial charge in [0.2, 0.25) is 17.7 Å². The number of aryl methyl sites for hydroxylation is 1. The summed E-state index contributed by atoms with van der Waals surface area (Å²) in [7, 11) is 3.53. The van der Waals surface area contributed by atoms with Gasteiger partial charge in [0.25, 0.3) is 5.91 Å². The van der Waals surface area contributed by atoms with E-state index in [9.17, 15) is 19.2 Å². The van der Waals surface area contributed by atoms with Crippen LogP contribution in [0.25, 0.3) is 0 Å². The van der Waals surface area contributed by atoms with Crippen molar-refractivity contribution >= 4 is 29.3 Å². The van der Waals surface area contributed by atoms with Crippen molar-refractivity contribution < 1.29 is 33.0 Å². The molecular weight excluding hydrogens is 645 g/mol. The van der Waals surface area contributed by atoms with E-state index >= 15 is 4.39 Å². The van der Waals surface area contributed by atoms with Crippen LogP contribution in [0.1, 0.15) is 68.4 Å². The van der Waals surface area contributed by atoms with Crippen LogP contribution in [0.4, 0.5) is 10.1 Å². The lowest BCUT2D eigenvalue weighted by molar-refractivity contribution is -0.141. The normalized spacial score (nSPS) is 19.1. The first kappa shape index (κ1) is 37.4. The van der Waals surface area contributed by atoms with Gasteiger partial charge in [0.05, 0.1) is 18.9 Å². The molecule has 0 unspecified atom stereocenters. The van der Waals surface area contributed by atoms with Crippen molar-refractivity contribution in [1.29, 1.82) is 0 Å². The molecule has 1 aliphatic heterocycles. The molecule has 0 spiro atoms. The molecule has 274 valence electrons. The number of amides is 4. The van der Waals surface area contributed by atoms with Gasteiger partial charge in [-0.15, -0.1) is 0 Å². The van der Waals surface area contributed by atoms with Crippen LogP contribution in [-0.4, -0.2) is 115 Å². The van der Waals surface area contributed by atoms with Gasteiger partial charge in [-0.1, -0.05) is 13.0 Å². The average Bonchev–Trinajstić information content (AvgIpc) is 4.06. The Morgan fingerprint density at radius 2 is 1.62 bits per heavy atom. The van der Waals surface area contributed by atoms with Crippen LogP contribution in [0.3, 0.4) is 0 Å². The lowest BCUT2D eigenvalue weighted by Crippen LogP contribution is -2.56. The monoisotopic (exact) mass is 697 g/mol. The van der Waals surface area contributed by atoms with Gasteiger partial charge in [-0.3, -0.25) is 23.9 Å². The highest BCUT2D eigenvalue weighted by Gasteiger charge is 2.48. The second kappa shape index (κ2) is 16.9. The summed E-state index contributed by atoms with van der Waals surface area (Å²) in [5.74, 6) is -2.23. The third-order valence-electron chi connectivity index (χ3n) is 10.2. The summed E-state index contributed by atoms with van der Waals surface area (Å²) in [4.78, 5) is 58.1. The number of benzene rings is 1. The smallest absolute Gasteiger partial charge is 0.270 e. The number of nitrogens with zero attached hydrogens (tertiary/aromatic N) is 4. The number of ether oxygens (including phenoxy) is 2. The number of rotatable bonds is 17. The molecule has 13 nitrogen and oxygen atoms in total. The molecule has 3 N–H and O–H groups in total. The summed E-state index contributed by atoms with van der Waals surface area (Å²) < 4.78 is 28.0. The van der Waals surface area contributed by atoms with Crippen LogP contribution in [-0.2, 0) is 30.4 Å². The van der Waals surface area contributed by atoms with Crippen molar-refractivity contribution in [2.45, 2.75) is 77.1 Å². The van der Waals surface area contributed by atoms with Crippen LogP contribution in [0.15, 0.2) is 30.5 Å². The largest absolute Gasteiger partial charge is 0.382 e. The Bertz CT molecular complexity index is 1490. The van der Waals surface area contributed by atoms with E-state index in [1.807, 2.05) is 14.0 Å². The van der Waals surface area contributed by atoms with Crippen LogP contribution >= 0.6 is 0 Å². The van der Waals surface area contributed by atoms with E-state index < -0.39 is 47.6 Å². The van der Waals surface area contributed by atoms with Crippen molar-refractivity contribution in [3.63, 3.8) is 0 Å². The molecule has 1 aromatic heterocycles. The predicted molar refractivity (Wildman–Crippen MR) is 185 cm³/mol. The van der Waals surface area contributed by atoms with E-state index in [0.717, 1.165) is 25.7 Å². The number of carbonyl (C=O) groups excluding carboxylic acids is 4. The number of hydrogen-bond donors (Lipinski definition) is 3. The Kier molecular flexibility index (Phi) is 12.6. The Morgan fingerprint density at radius 1 is 0.940 bits per heavy atom. The van der Waals surface area contributed by atoms with Crippen molar-refractivity contribution in [2.24, 2.45) is 17.8 Å². The molecular formula is C36H52FN7O6. The highest BCUT2D eigenvalue weighted by atomic mass is 19.1. The van der Waals surface area contributed by atoms with E-state index in [1.165, 1.54) is 19.2 Å². The summed E-state index contributed by atoms with van der Waals surface area (Å²) in [5.41, 5.74) is 0.817. The number of nitrogens with one attached hydrogen (secondary N) is 3. The molecule has 0 radical (unpaired) electrons. The minimum Gasteiger partial charge on any atom is -0.382 e. The van der Waals surface area contributed by atoms with E-state index in [4.69, 9.17) is 9.47 Å². The summed E-state index contributed by atoms with van der Waals surface area (Å²) in [6.45, 7) is 8.72. The maximum Gasteiger partial charge on any atom is 0.270 e. The van der Waals surface area contributed by atoms with Crippen molar-refractivity contribution in [1.82, 2.24) is 30.2 Å². The molecule has 2 saturated carbocycles. The number of methoxy groups -OCH3 is 1. The van der Waals surface area contributed by atoms with Gasteiger partial charge in [-0.05, 0) is 88.1 Å². The number of likely N-dealkylation sites (N-methyl/N-ethyl adjacent to an activating group) is 1. The summed E-state index contributed by atoms with van der Waals surface area (Å²) in [5, 5.41) is 12.8. The van der Waals surface area contributed by atoms with Crippen LogP contribution < -0.4 is 16.0 Å². The number of piperazine rings is 1. The van der Waals surface area contributed by atoms with Crippen LogP contribution in [0.2, 0.25) is 0 Å². The SMILES string of the molecule is CCn1nccc1C(=O)N[C@H](C(=O)Nc1ccc([C@H](C)[C@@H](NC(=O)[C@@H](C)OCCOC)C(=O)N2CCN(C)CC2)cc1F)C(C1CC1)C1CC1. The van der Waals surface area contributed by atoms with Crippen molar-refractivity contribution in [3.8, 4) is 0 Å². The maximum atomic E-state index is 15.9. The zero-order valence-corrected chi connectivity index (χ0v) is 29.8. The third kappa shape index (κ3) is 9.26. The molecule has 50 heavy (non-hydrogen) atoms. The third-order valence-corrected chi connectivity index (χ3v) is 10.2. The number of carbonyl (C=O) groups is 4. The van der Waals surface area contributed by atoms with Gasteiger partial charge < -0.3 is 35.2 Å². The van der Waals surface area contributed by atoms with Gasteiger partial charge >= 0.3 is 0 Å². The van der Waals surface area contributed by atoms with Gasteiger partial charge in [-0.2, -0.15) is 5.10 Å². The second-order valence-corrected chi connectivity index (χ2v) is 13.9. The summed E-state index contributed by atoms with van der Waals surface area (Å²) >= 11 is 0. The first-order valence-corrected chi connectivity index (χ1v) is 17.8. The molecule has 2 aromatic rings. The number of anilines is 1. The first-order valence-electron chi connectivity index (χ1n) is 17.8. The Hall–Kier alpha value is -3.88. The fourth-order valence-electron chi connectivity index (χ4n) is 6.82. The van der Waals surface area contributed by atoms with Crippen molar-refractivity contribution in [2.75, 3.05) is 58.9 Å². The van der Waals surface area contributed by atoms with Crippen LogP contribution in [0.5, 0.6) is 0 Å². The molecule has 4 amide bonds. The molecule has 5 rings (SSSR count). The molecule has 4 atom stereocenters. The topological polar surface area (TPSA) is 147 Å². The highest BCUT2D eigenvalue weighted by Crippen LogP contribution is 2.51. The fourth-order valence-corrected chi connectivity index (χ4v) is 6.82. The lowest BCUT2D eigenvalue weighted by Gasteiger charge is -2.36. The minimum atomic E-state index is -0.979. The molecule has 1 saturated heterocycles. The molecule has 14 heteroatoms. The zero-order chi connectivity index (χ0) is 35.9. The molecule has 2 aliphatic carbocycles. The summed E-state index contributed by atoms with van der Waals surface area (Å²) in [6.07, 6.45) is 4.71. The van der Waals surface area contributed by atoms with Gasteiger partial charge in [0.15, 0.2) is 0 Å². The number of hydrogen-bond acceptors (Lipinski definition) is 8. The Balaban J connectivity index is 1.33. The second-order valence-electron chi connectivity index (χ2n) is 13.9. The number of aromatic nitrogens is 2. The Labute approximate surface area is 293 Å². The fraction of sp³-hybridized carbons (Fsp3) is 0.639. The van der Waals surface area contributed by atoms with Crippen LogP contribution in [0, 0.1) is 23.6 Å². The minimum absolute atomic E-state index is 0.0275. The zero-order valence-electron chi connectivity index (χ0n) is 29.8. The van der Waals surface area contributed by atoms with E-state index in [1.54, 1.807) is 41.8 Å². The standard InChI is InChI=1S/C36H52FN7O6/c1-6-44-29(13-14-38-44)34(46)41-32(30(24-7-8-24)25-9-10-25)35(47)39-28-12-11-26(21-27(28)37)22(2)31(36(48)43-17-15-42(4)16-18-43)40-33(45)23(3)50-20-19-49-5/h11-14,21-25,30-32H,6-10,15-20H2,1-5H3,(H,39,47)(H,40,45)(H,41,46)/t22-,23+,31+,32-/m0/s1. The molecule has 2 heterocycles. The van der Waals surface area contributed by atoms with Gasteiger partial charge in [0, 0.05) is 51.9 Å². The molecule has 3 fully saturated rings. The van der Waals surface area contributed by atoms with E-state index in [0.29, 0.717) is 62.4 Å². The highest BCUT2D eigenvalue weighted by molar-refractivity contribution is 6.01. The maximum absolute atomic E-state index is 15.9. The lowest BCUT2D eigenvalue weighted by atomic mass is 9.88. The number of halogens is 1. The Morgan fingerprint density at radius 3 is 2.22 bits per heavy atom. The van der Waals surface area contributed by atoms with Gasteiger partial charge in [0.1, 0.15) is 29.7 Å². The van der Waals surface area contributed by atoms with Gasteiger partial charge in [-0.25, -0.2) is 4.39 Å². The average molecular weight is 698 g/mol. The molecule has 1 aromatic carbocycles.